The summed E-state index contributed by atoms with van der Waals surface area (Å²) < 4.78 is 5.14. The second-order valence-electron chi connectivity index (χ2n) is 4.50. The van der Waals surface area contributed by atoms with Gasteiger partial charge < -0.3 is 20.2 Å². The number of urea groups is 1. The van der Waals surface area contributed by atoms with Crippen molar-refractivity contribution in [2.45, 2.75) is 26.2 Å². The molecule has 0 aromatic carbocycles. The molecule has 1 atom stereocenters. The van der Waals surface area contributed by atoms with E-state index in [1.165, 1.54) is 0 Å². The number of rotatable bonds is 8. The highest BCUT2D eigenvalue weighted by Crippen LogP contribution is 2.03. The Bertz CT molecular complexity index is 389. The number of carbonyl (C=O) groups excluding carboxylic acids is 1. The molecule has 3 N–H and O–H groups in total. The van der Waals surface area contributed by atoms with Crippen molar-refractivity contribution in [2.75, 3.05) is 13.1 Å². The highest BCUT2D eigenvalue weighted by molar-refractivity contribution is 5.73. The van der Waals surface area contributed by atoms with Crippen molar-refractivity contribution < 1.29 is 19.1 Å². The third-order valence-corrected chi connectivity index (χ3v) is 2.70. The van der Waals surface area contributed by atoms with Gasteiger partial charge in [0, 0.05) is 25.9 Å². The van der Waals surface area contributed by atoms with Crippen LogP contribution in [0, 0.1) is 5.92 Å². The first-order valence-corrected chi connectivity index (χ1v) is 6.34. The number of carboxylic acid groups (broad SMARTS) is 1. The summed E-state index contributed by atoms with van der Waals surface area (Å²) in [7, 11) is 0. The van der Waals surface area contributed by atoms with E-state index < -0.39 is 5.97 Å². The average Bonchev–Trinajstić information content (AvgIpc) is 2.87. The molecule has 2 amide bonds. The molecule has 0 aliphatic rings. The molecule has 1 heterocycles. The highest BCUT2D eigenvalue weighted by atomic mass is 16.4. The van der Waals surface area contributed by atoms with Crippen molar-refractivity contribution in [3.8, 4) is 0 Å². The molecule has 0 spiro atoms. The van der Waals surface area contributed by atoms with Crippen molar-refractivity contribution in [3.05, 3.63) is 24.2 Å². The number of carbonyl (C=O) groups is 2. The maximum absolute atomic E-state index is 11.4. The monoisotopic (exact) mass is 268 g/mol. The van der Waals surface area contributed by atoms with E-state index in [0.717, 1.165) is 5.76 Å². The quantitative estimate of drug-likeness (QED) is 0.668. The van der Waals surface area contributed by atoms with Crippen LogP contribution in [0.25, 0.3) is 0 Å². The third-order valence-electron chi connectivity index (χ3n) is 2.70. The Balaban J connectivity index is 2.05. The first kappa shape index (κ1) is 15.1. The van der Waals surface area contributed by atoms with E-state index in [0.29, 0.717) is 25.9 Å². The molecule has 1 aromatic heterocycles. The van der Waals surface area contributed by atoms with Crippen molar-refractivity contribution in [1.82, 2.24) is 10.6 Å². The van der Waals surface area contributed by atoms with Gasteiger partial charge in [-0.3, -0.25) is 4.79 Å². The third kappa shape index (κ3) is 7.13. The van der Waals surface area contributed by atoms with Crippen LogP contribution in [0.3, 0.4) is 0 Å². The second kappa shape index (κ2) is 8.18. The van der Waals surface area contributed by atoms with Crippen LogP contribution < -0.4 is 10.6 Å². The smallest absolute Gasteiger partial charge is 0.314 e. The highest BCUT2D eigenvalue weighted by Gasteiger charge is 2.07. The summed E-state index contributed by atoms with van der Waals surface area (Å²) in [6.45, 7) is 2.88. The van der Waals surface area contributed by atoms with Gasteiger partial charge in [-0.05, 0) is 24.5 Å². The number of aliphatic carboxylic acids is 1. The molecule has 6 nitrogen and oxygen atoms in total. The molecule has 19 heavy (non-hydrogen) atoms. The number of amides is 2. The van der Waals surface area contributed by atoms with Gasteiger partial charge in [-0.1, -0.05) is 6.92 Å². The number of furan rings is 1. The molecule has 1 rings (SSSR count). The lowest BCUT2D eigenvalue weighted by atomic mass is 10.1. The minimum Gasteiger partial charge on any atom is -0.481 e. The van der Waals surface area contributed by atoms with E-state index in [2.05, 4.69) is 10.6 Å². The van der Waals surface area contributed by atoms with Crippen LogP contribution in [0.4, 0.5) is 4.79 Å². The zero-order chi connectivity index (χ0) is 14.1. The lowest BCUT2D eigenvalue weighted by Gasteiger charge is -2.12. The number of hydrogen-bond acceptors (Lipinski definition) is 3. The molecule has 0 bridgehead atoms. The zero-order valence-corrected chi connectivity index (χ0v) is 11.0. The van der Waals surface area contributed by atoms with Crippen LogP contribution >= 0.6 is 0 Å². The van der Waals surface area contributed by atoms with Crippen LogP contribution in [0.2, 0.25) is 0 Å². The van der Waals surface area contributed by atoms with E-state index in [1.807, 2.05) is 13.0 Å². The molecule has 1 unspecified atom stereocenters. The van der Waals surface area contributed by atoms with Crippen molar-refractivity contribution in [2.24, 2.45) is 5.92 Å². The number of hydrogen-bond donors (Lipinski definition) is 3. The fourth-order valence-electron chi connectivity index (χ4n) is 1.56. The Morgan fingerprint density at radius 1 is 1.42 bits per heavy atom. The summed E-state index contributed by atoms with van der Waals surface area (Å²) in [6, 6.07) is 3.42. The molecule has 0 fully saturated rings. The van der Waals surface area contributed by atoms with Gasteiger partial charge in [0.2, 0.25) is 0 Å². The first-order chi connectivity index (χ1) is 9.08. The number of carboxylic acids is 1. The fourth-order valence-corrected chi connectivity index (χ4v) is 1.56. The maximum atomic E-state index is 11.4. The normalized spacial score (nSPS) is 11.8. The molecule has 0 saturated carbocycles. The predicted octanol–water partition coefficient (Wildman–Crippen LogP) is 1.62. The molecule has 0 aliphatic carbocycles. The van der Waals surface area contributed by atoms with Gasteiger partial charge in [0.1, 0.15) is 5.76 Å². The van der Waals surface area contributed by atoms with Crippen molar-refractivity contribution in [1.29, 1.82) is 0 Å². The van der Waals surface area contributed by atoms with Gasteiger partial charge in [0.15, 0.2) is 0 Å². The lowest BCUT2D eigenvalue weighted by Crippen LogP contribution is -2.38. The topological polar surface area (TPSA) is 91.6 Å². The van der Waals surface area contributed by atoms with Crippen LogP contribution in [0.5, 0.6) is 0 Å². The summed E-state index contributed by atoms with van der Waals surface area (Å²) >= 11 is 0. The minimum atomic E-state index is -0.810. The molecular weight excluding hydrogens is 248 g/mol. The predicted molar refractivity (Wildman–Crippen MR) is 69.8 cm³/mol. The van der Waals surface area contributed by atoms with E-state index in [-0.39, 0.29) is 18.4 Å². The van der Waals surface area contributed by atoms with Crippen LogP contribution in [0.1, 0.15) is 25.5 Å². The lowest BCUT2D eigenvalue weighted by molar-refractivity contribution is -0.137. The van der Waals surface area contributed by atoms with Crippen LogP contribution in [-0.4, -0.2) is 30.2 Å². The molecular formula is C13H20N2O4. The van der Waals surface area contributed by atoms with Gasteiger partial charge in [0.25, 0.3) is 0 Å². The maximum Gasteiger partial charge on any atom is 0.314 e. The Morgan fingerprint density at radius 3 is 2.84 bits per heavy atom. The first-order valence-electron chi connectivity index (χ1n) is 6.34. The van der Waals surface area contributed by atoms with E-state index in [9.17, 15) is 9.59 Å². The van der Waals surface area contributed by atoms with E-state index in [1.54, 1.807) is 12.3 Å². The molecule has 106 valence electrons. The SMILES string of the molecule is CC(CCC(=O)O)CNC(=O)NCCc1ccco1. The molecule has 1 aromatic rings. The van der Waals surface area contributed by atoms with E-state index >= 15 is 0 Å². The molecule has 0 saturated heterocycles. The average molecular weight is 268 g/mol. The van der Waals surface area contributed by atoms with Crippen molar-refractivity contribution >= 4 is 12.0 Å². The minimum absolute atomic E-state index is 0.128. The van der Waals surface area contributed by atoms with Crippen LogP contribution in [0.15, 0.2) is 22.8 Å². The summed E-state index contributed by atoms with van der Waals surface area (Å²) in [5.74, 6) is 0.164. The van der Waals surface area contributed by atoms with Crippen molar-refractivity contribution in [3.63, 3.8) is 0 Å². The Morgan fingerprint density at radius 2 is 2.21 bits per heavy atom. The number of nitrogens with one attached hydrogen (secondary N) is 2. The molecule has 6 heteroatoms. The van der Waals surface area contributed by atoms with Gasteiger partial charge >= 0.3 is 12.0 Å². The zero-order valence-electron chi connectivity index (χ0n) is 11.0. The Hall–Kier alpha value is -1.98. The summed E-state index contributed by atoms with van der Waals surface area (Å²) in [6.07, 6.45) is 2.93. The Labute approximate surface area is 112 Å². The summed E-state index contributed by atoms with van der Waals surface area (Å²) in [4.78, 5) is 21.8. The Kier molecular flexibility index (Phi) is 6.49. The van der Waals surface area contributed by atoms with Gasteiger partial charge in [-0.15, -0.1) is 0 Å². The van der Waals surface area contributed by atoms with Gasteiger partial charge in [0.05, 0.1) is 6.26 Å². The second-order valence-corrected chi connectivity index (χ2v) is 4.50. The largest absolute Gasteiger partial charge is 0.481 e. The molecule has 0 radical (unpaired) electrons. The summed E-state index contributed by atoms with van der Waals surface area (Å²) in [5, 5.41) is 14.0. The fraction of sp³-hybridized carbons (Fsp3) is 0.538. The standard InChI is InChI=1S/C13H20N2O4/c1-10(4-5-12(16)17)9-15-13(18)14-7-6-11-3-2-8-19-11/h2-3,8,10H,4-7,9H2,1H3,(H,16,17)(H2,14,15,18). The van der Waals surface area contributed by atoms with Crippen LogP contribution in [-0.2, 0) is 11.2 Å². The summed E-state index contributed by atoms with van der Waals surface area (Å²) in [5.41, 5.74) is 0. The molecule has 0 aliphatic heterocycles. The van der Waals surface area contributed by atoms with Gasteiger partial charge in [-0.25, -0.2) is 4.79 Å². The van der Waals surface area contributed by atoms with E-state index in [4.69, 9.17) is 9.52 Å². The van der Waals surface area contributed by atoms with Gasteiger partial charge in [-0.2, -0.15) is 0 Å².